The minimum atomic E-state index is 0.224. The van der Waals surface area contributed by atoms with Crippen LogP contribution in [0.2, 0.25) is 0 Å². The maximum absolute atomic E-state index is 6.06. The molecule has 0 saturated heterocycles. The summed E-state index contributed by atoms with van der Waals surface area (Å²) in [5, 5.41) is 15.0. The van der Waals surface area contributed by atoms with Crippen LogP contribution < -0.4 is 10.1 Å². The predicted molar refractivity (Wildman–Crippen MR) is 121 cm³/mol. The summed E-state index contributed by atoms with van der Waals surface area (Å²) in [7, 11) is 1.77. The first-order valence-corrected chi connectivity index (χ1v) is 9.99. The highest BCUT2D eigenvalue weighted by atomic mass is 16.5. The SMILES string of the molecule is C=C(Nc1cccc(COc2nc3ccccc3n2-c2nnnn2C)n1)c1ccccc1. The molecule has 158 valence electrons. The lowest BCUT2D eigenvalue weighted by molar-refractivity contribution is 0.272. The molecule has 0 unspecified atom stereocenters. The zero-order valence-corrected chi connectivity index (χ0v) is 17.4. The molecule has 5 aromatic rings. The zero-order valence-electron chi connectivity index (χ0n) is 17.4. The largest absolute Gasteiger partial charge is 0.458 e. The maximum atomic E-state index is 6.06. The first kappa shape index (κ1) is 19.4. The van der Waals surface area contributed by atoms with Gasteiger partial charge in [0, 0.05) is 12.7 Å². The highest BCUT2D eigenvalue weighted by Crippen LogP contribution is 2.25. The van der Waals surface area contributed by atoms with E-state index in [0.29, 0.717) is 17.8 Å². The molecule has 32 heavy (non-hydrogen) atoms. The van der Waals surface area contributed by atoms with Gasteiger partial charge in [-0.3, -0.25) is 0 Å². The van der Waals surface area contributed by atoms with Crippen molar-refractivity contribution in [3.63, 3.8) is 0 Å². The smallest absolute Gasteiger partial charge is 0.305 e. The van der Waals surface area contributed by atoms with Crippen LogP contribution in [0.1, 0.15) is 11.3 Å². The molecule has 0 aliphatic rings. The number of nitrogens with one attached hydrogen (secondary N) is 1. The van der Waals surface area contributed by atoms with Crippen molar-refractivity contribution in [3.8, 4) is 12.0 Å². The van der Waals surface area contributed by atoms with Gasteiger partial charge in [0.1, 0.15) is 12.4 Å². The summed E-state index contributed by atoms with van der Waals surface area (Å²) >= 11 is 0. The van der Waals surface area contributed by atoms with Crippen molar-refractivity contribution in [2.24, 2.45) is 7.05 Å². The molecule has 0 aliphatic carbocycles. The van der Waals surface area contributed by atoms with Crippen LogP contribution in [-0.2, 0) is 13.7 Å². The maximum Gasteiger partial charge on any atom is 0.305 e. The first-order valence-electron chi connectivity index (χ1n) is 9.99. The van der Waals surface area contributed by atoms with E-state index in [1.165, 1.54) is 0 Å². The quantitative estimate of drug-likeness (QED) is 0.426. The summed E-state index contributed by atoms with van der Waals surface area (Å²) in [5.41, 5.74) is 4.15. The van der Waals surface area contributed by atoms with Crippen molar-refractivity contribution in [2.75, 3.05) is 5.32 Å². The van der Waals surface area contributed by atoms with Crippen molar-refractivity contribution in [2.45, 2.75) is 6.61 Å². The third kappa shape index (κ3) is 3.79. The summed E-state index contributed by atoms with van der Waals surface area (Å²) in [5.74, 6) is 1.20. The molecule has 0 saturated carbocycles. The highest BCUT2D eigenvalue weighted by molar-refractivity contribution is 5.78. The lowest BCUT2D eigenvalue weighted by Gasteiger charge is -2.11. The molecule has 0 atom stereocenters. The molecular formula is C23H20N8O. The molecule has 0 bridgehead atoms. The molecule has 9 heteroatoms. The Morgan fingerprint density at radius 3 is 2.59 bits per heavy atom. The molecule has 0 spiro atoms. The van der Waals surface area contributed by atoms with Gasteiger partial charge in [-0.2, -0.15) is 4.98 Å². The molecule has 0 amide bonds. The summed E-state index contributed by atoms with van der Waals surface area (Å²) in [6, 6.07) is 23.7. The molecule has 5 rings (SSSR count). The van der Waals surface area contributed by atoms with Gasteiger partial charge in [0.2, 0.25) is 0 Å². The number of aryl methyl sites for hydroxylation is 1. The summed E-state index contributed by atoms with van der Waals surface area (Å²) < 4.78 is 9.42. The Morgan fingerprint density at radius 2 is 1.78 bits per heavy atom. The number of rotatable bonds is 7. The molecule has 3 heterocycles. The van der Waals surface area contributed by atoms with E-state index >= 15 is 0 Å². The molecule has 9 nitrogen and oxygen atoms in total. The van der Waals surface area contributed by atoms with Gasteiger partial charge in [-0.25, -0.2) is 14.2 Å². The molecule has 0 aliphatic heterocycles. The Morgan fingerprint density at radius 1 is 0.969 bits per heavy atom. The Balaban J connectivity index is 1.38. The van der Waals surface area contributed by atoms with Crippen molar-refractivity contribution in [1.82, 2.24) is 34.7 Å². The van der Waals surface area contributed by atoms with Gasteiger partial charge >= 0.3 is 6.01 Å². The number of aromatic nitrogens is 7. The number of ether oxygens (including phenoxy) is 1. The normalized spacial score (nSPS) is 10.9. The molecule has 0 fully saturated rings. The van der Waals surface area contributed by atoms with Gasteiger partial charge in [0.05, 0.1) is 16.7 Å². The summed E-state index contributed by atoms with van der Waals surface area (Å²) in [4.78, 5) is 9.25. The van der Waals surface area contributed by atoms with Crippen LogP contribution in [0.4, 0.5) is 5.82 Å². The molecule has 3 aromatic heterocycles. The number of nitrogens with zero attached hydrogens (tertiary/aromatic N) is 7. The average Bonchev–Trinajstić information content (AvgIpc) is 3.41. The number of benzene rings is 2. The molecule has 1 N–H and O–H groups in total. The number of fused-ring (bicyclic) bond motifs is 1. The van der Waals surface area contributed by atoms with E-state index in [-0.39, 0.29) is 6.61 Å². The second kappa shape index (κ2) is 8.31. The van der Waals surface area contributed by atoms with Gasteiger partial charge in [-0.1, -0.05) is 60.2 Å². The van der Waals surface area contributed by atoms with E-state index in [2.05, 4.69) is 37.4 Å². The minimum Gasteiger partial charge on any atom is -0.458 e. The van der Waals surface area contributed by atoms with E-state index in [9.17, 15) is 0 Å². The van der Waals surface area contributed by atoms with Gasteiger partial charge in [0.25, 0.3) is 5.95 Å². The van der Waals surface area contributed by atoms with Crippen LogP contribution >= 0.6 is 0 Å². The predicted octanol–water partition coefficient (Wildman–Crippen LogP) is 3.61. The Kier molecular flexibility index (Phi) is 5.04. The van der Waals surface area contributed by atoms with Crippen LogP contribution in [0.5, 0.6) is 6.01 Å². The van der Waals surface area contributed by atoms with Crippen LogP contribution in [0.15, 0.2) is 79.4 Å². The number of hydrogen-bond acceptors (Lipinski definition) is 7. The topological polar surface area (TPSA) is 95.6 Å². The van der Waals surface area contributed by atoms with Gasteiger partial charge in [-0.05, 0) is 40.3 Å². The number of para-hydroxylation sites is 2. The van der Waals surface area contributed by atoms with Crippen molar-refractivity contribution < 1.29 is 4.74 Å². The summed E-state index contributed by atoms with van der Waals surface area (Å²) in [6.45, 7) is 4.32. The Bertz CT molecular complexity index is 1390. The number of pyridine rings is 1. The standard InChI is InChI=1S/C23H20N8O/c1-16(17-9-4-3-5-10-17)24-21-14-8-11-18(25-21)15-32-23-26-19-12-6-7-13-20(19)31(23)22-27-28-29-30(22)2/h3-14H,1,15H2,2H3,(H,24,25). The minimum absolute atomic E-state index is 0.224. The summed E-state index contributed by atoms with van der Waals surface area (Å²) in [6.07, 6.45) is 0. The zero-order chi connectivity index (χ0) is 21.9. The third-order valence-corrected chi connectivity index (χ3v) is 4.88. The number of tetrazole rings is 1. The molecule has 0 radical (unpaired) electrons. The number of hydrogen-bond donors (Lipinski definition) is 1. The lowest BCUT2D eigenvalue weighted by Crippen LogP contribution is -2.09. The molecule has 2 aromatic carbocycles. The van der Waals surface area contributed by atoms with E-state index in [1.54, 1.807) is 16.3 Å². The van der Waals surface area contributed by atoms with E-state index in [1.807, 2.05) is 72.8 Å². The number of imidazole rings is 1. The fraction of sp³-hybridized carbons (Fsp3) is 0.0870. The fourth-order valence-corrected chi connectivity index (χ4v) is 3.34. The van der Waals surface area contributed by atoms with Crippen LogP contribution in [0.25, 0.3) is 22.7 Å². The number of anilines is 1. The first-order chi connectivity index (χ1) is 15.7. The Labute approximate surface area is 184 Å². The third-order valence-electron chi connectivity index (χ3n) is 4.88. The Hall–Kier alpha value is -4.53. The lowest BCUT2D eigenvalue weighted by atomic mass is 10.2. The van der Waals surface area contributed by atoms with Gasteiger partial charge < -0.3 is 10.1 Å². The highest BCUT2D eigenvalue weighted by Gasteiger charge is 2.18. The average molecular weight is 424 g/mol. The molecular weight excluding hydrogens is 404 g/mol. The van der Waals surface area contributed by atoms with Crippen LogP contribution in [-0.4, -0.2) is 34.7 Å². The van der Waals surface area contributed by atoms with Crippen molar-refractivity contribution in [1.29, 1.82) is 0 Å². The second-order valence-corrected chi connectivity index (χ2v) is 7.09. The van der Waals surface area contributed by atoms with Crippen LogP contribution in [0, 0.1) is 0 Å². The fourth-order valence-electron chi connectivity index (χ4n) is 3.34. The van der Waals surface area contributed by atoms with E-state index in [0.717, 1.165) is 28.0 Å². The van der Waals surface area contributed by atoms with E-state index < -0.39 is 0 Å². The van der Waals surface area contributed by atoms with Crippen molar-refractivity contribution in [3.05, 3.63) is 90.6 Å². The van der Waals surface area contributed by atoms with Crippen molar-refractivity contribution >= 4 is 22.5 Å². The van der Waals surface area contributed by atoms with Gasteiger partial charge in [0.15, 0.2) is 0 Å². The van der Waals surface area contributed by atoms with E-state index in [4.69, 9.17) is 4.74 Å². The van der Waals surface area contributed by atoms with Gasteiger partial charge in [-0.15, -0.1) is 0 Å². The second-order valence-electron chi connectivity index (χ2n) is 7.09. The monoisotopic (exact) mass is 424 g/mol. The van der Waals surface area contributed by atoms with Crippen LogP contribution in [0.3, 0.4) is 0 Å².